The summed E-state index contributed by atoms with van der Waals surface area (Å²) in [5, 5.41) is 6.27. The fraction of sp³-hybridized carbons (Fsp3) is 0. The predicted molar refractivity (Wildman–Crippen MR) is 21.1 cm³/mol. The first-order chi connectivity index (χ1) is 2.00. The number of nitrogens with one attached hydrogen (secondary N) is 2. The molecule has 5 heteroatoms. The van der Waals surface area contributed by atoms with Crippen LogP contribution in [0.3, 0.4) is 0 Å². The molecule has 0 aromatic heterocycles. The van der Waals surface area contributed by atoms with Crippen LogP contribution in [0.25, 0.3) is 0 Å². The van der Waals surface area contributed by atoms with E-state index in [1.54, 1.807) is 0 Å². The summed E-state index contributed by atoms with van der Waals surface area (Å²) in [6.45, 7) is 0. The van der Waals surface area contributed by atoms with Crippen molar-refractivity contribution in [2.45, 2.75) is 0 Å². The Morgan fingerprint density at radius 3 is 1.40 bits per heavy atom. The summed E-state index contributed by atoms with van der Waals surface area (Å²) in [4.78, 5) is 0. The fourth-order valence-electron chi connectivity index (χ4n) is 0. The van der Waals surface area contributed by atoms with E-state index in [1.807, 2.05) is 0 Å². The minimum atomic E-state index is -2.89. The second kappa shape index (κ2) is 1.06. The van der Waals surface area contributed by atoms with Crippen LogP contribution in [0.5, 0.6) is 0 Å². The lowest BCUT2D eigenvalue weighted by Crippen LogP contribution is -2.02. The Hall–Kier alpha value is 0.110. The van der Waals surface area contributed by atoms with Crippen LogP contribution in [0.2, 0.25) is 0 Å². The molecule has 5 heavy (non-hydrogen) atoms. The lowest BCUT2D eigenvalue weighted by Gasteiger charge is -1.92. The monoisotopic (exact) mass is 93.0 g/mol. The maximum absolute atomic E-state index is 6.27. The first-order valence-electron chi connectivity index (χ1n) is 0.964. The molecule has 31 valence electrons. The smallest absolute Gasteiger partial charge is 0.165 e. The van der Waals surface area contributed by atoms with Gasteiger partial charge >= 0.3 is 0 Å². The first-order valence-corrected chi connectivity index (χ1v) is 2.89. The fourth-order valence-corrected chi connectivity index (χ4v) is 0. The molecule has 0 bridgehead atoms. The van der Waals surface area contributed by atoms with E-state index in [1.165, 1.54) is 0 Å². The van der Waals surface area contributed by atoms with Gasteiger partial charge in [0.1, 0.15) is 0 Å². The van der Waals surface area contributed by atoms with Crippen molar-refractivity contribution in [2.75, 3.05) is 0 Å². The SMILES string of the molecule is [NH]P(=N)(N)N. The molecule has 0 unspecified atom stereocenters. The summed E-state index contributed by atoms with van der Waals surface area (Å²) >= 11 is 0. The van der Waals surface area contributed by atoms with Gasteiger partial charge in [0, 0.05) is 0 Å². The summed E-state index contributed by atoms with van der Waals surface area (Å²) in [5.41, 5.74) is 15.4. The van der Waals surface area contributed by atoms with Gasteiger partial charge in [-0.15, -0.1) is 0 Å². The summed E-state index contributed by atoms with van der Waals surface area (Å²) in [5.74, 6) is 0. The minimum absolute atomic E-state index is 2.89. The molecule has 0 fully saturated rings. The Morgan fingerprint density at radius 2 is 1.40 bits per heavy atom. The molecule has 6 N–H and O–H groups in total. The Balaban J connectivity index is 3.47. The van der Waals surface area contributed by atoms with Gasteiger partial charge in [0.2, 0.25) is 0 Å². The zero-order valence-corrected chi connectivity index (χ0v) is 3.50. The minimum Gasteiger partial charge on any atom is -0.277 e. The first kappa shape index (κ1) is 5.11. The zero-order valence-electron chi connectivity index (χ0n) is 2.60. The van der Waals surface area contributed by atoms with Gasteiger partial charge in [0.25, 0.3) is 0 Å². The van der Waals surface area contributed by atoms with Gasteiger partial charge in [0.15, 0.2) is 7.51 Å². The van der Waals surface area contributed by atoms with E-state index >= 15 is 0 Å². The maximum Gasteiger partial charge on any atom is 0.165 e. The van der Waals surface area contributed by atoms with Gasteiger partial charge < -0.3 is 0 Å². The van der Waals surface area contributed by atoms with Crippen molar-refractivity contribution >= 4 is 7.51 Å². The van der Waals surface area contributed by atoms with Gasteiger partial charge in [-0.2, -0.15) is 5.50 Å². The predicted octanol–water partition coefficient (Wildman–Crippen LogP) is -0.288. The van der Waals surface area contributed by atoms with Gasteiger partial charge in [-0.3, -0.25) is 16.2 Å². The van der Waals surface area contributed by atoms with Crippen LogP contribution >= 0.6 is 7.51 Å². The molecule has 0 aromatic rings. The summed E-state index contributed by atoms with van der Waals surface area (Å²) in [6.07, 6.45) is 0. The Kier molecular flexibility index (Phi) is 1.09. The molecule has 1 radical (unpaired) electrons. The average molecular weight is 93.1 g/mol. The molecule has 0 aliphatic rings. The standard InChI is InChI=1S/H6N4P/c1-5(2,3)4/h1H,(H5,2,3,4). The Morgan fingerprint density at radius 1 is 1.40 bits per heavy atom. The van der Waals surface area contributed by atoms with Gasteiger partial charge in [-0.1, -0.05) is 0 Å². The van der Waals surface area contributed by atoms with Crippen molar-refractivity contribution in [3.63, 3.8) is 0 Å². The normalized spacial score (nSPS) is 11.8. The number of nitrogens with two attached hydrogens (primary N) is 2. The van der Waals surface area contributed by atoms with E-state index < -0.39 is 7.51 Å². The Labute approximate surface area is 30.3 Å². The van der Waals surface area contributed by atoms with E-state index in [9.17, 15) is 0 Å². The third kappa shape index (κ3) is 1510. The number of rotatable bonds is 0. The lowest BCUT2D eigenvalue weighted by atomic mass is 13.8. The highest BCUT2D eigenvalue weighted by molar-refractivity contribution is 7.57. The topological polar surface area (TPSA) is 99.7 Å². The maximum atomic E-state index is 6.27. The third-order valence-corrected chi connectivity index (χ3v) is 0. The molecular weight excluding hydrogens is 87.0 g/mol. The van der Waals surface area contributed by atoms with Crippen molar-refractivity contribution in [1.82, 2.24) is 5.50 Å². The lowest BCUT2D eigenvalue weighted by molar-refractivity contribution is 1.45. The molecule has 0 saturated heterocycles. The second-order valence-corrected chi connectivity index (χ2v) is 2.33. The van der Waals surface area contributed by atoms with Crippen LogP contribution in [-0.2, 0) is 0 Å². The highest BCUT2D eigenvalue weighted by Gasteiger charge is 1.84. The molecule has 0 aliphatic heterocycles. The number of hydrogen-bond donors (Lipinski definition) is 3. The molecule has 0 aromatic carbocycles. The van der Waals surface area contributed by atoms with Gasteiger partial charge in [-0.05, 0) is 0 Å². The third-order valence-electron chi connectivity index (χ3n) is 0. The van der Waals surface area contributed by atoms with E-state index in [0.717, 1.165) is 0 Å². The highest BCUT2D eigenvalue weighted by atomic mass is 31.2. The molecule has 0 amide bonds. The average Bonchev–Trinajstić information content (AvgIpc) is 0.722. The quantitative estimate of drug-likeness (QED) is 0.358. The van der Waals surface area contributed by atoms with Crippen LogP contribution in [0.4, 0.5) is 0 Å². The van der Waals surface area contributed by atoms with E-state index in [2.05, 4.69) is 11.0 Å². The van der Waals surface area contributed by atoms with Crippen molar-refractivity contribution < 1.29 is 0 Å². The number of hydrogen-bond acceptors (Lipinski definition) is 1. The molecule has 0 rings (SSSR count). The summed E-state index contributed by atoms with van der Waals surface area (Å²) in [7, 11) is -2.89. The van der Waals surface area contributed by atoms with Gasteiger partial charge in [0.05, 0.1) is 0 Å². The molecule has 0 spiro atoms. The molecule has 0 aliphatic carbocycles. The highest BCUT2D eigenvalue weighted by Crippen LogP contribution is 2.13. The summed E-state index contributed by atoms with van der Waals surface area (Å²) < 4.78 is 0. The van der Waals surface area contributed by atoms with Gasteiger partial charge in [-0.25, -0.2) is 0 Å². The molecule has 0 atom stereocenters. The van der Waals surface area contributed by atoms with E-state index in [0.29, 0.717) is 0 Å². The van der Waals surface area contributed by atoms with Crippen LogP contribution in [0.15, 0.2) is 0 Å². The van der Waals surface area contributed by atoms with E-state index in [4.69, 9.17) is 10.7 Å². The zero-order chi connectivity index (χ0) is 4.50. The summed E-state index contributed by atoms with van der Waals surface area (Å²) in [6, 6.07) is 0. The second-order valence-electron chi connectivity index (χ2n) is 0.777. The van der Waals surface area contributed by atoms with Crippen LogP contribution in [0.1, 0.15) is 0 Å². The molecule has 0 saturated carbocycles. The molecular formula is H6N4P. The largest absolute Gasteiger partial charge is 0.277 e. The van der Waals surface area contributed by atoms with Crippen molar-refractivity contribution in [3.05, 3.63) is 0 Å². The molecule has 0 heterocycles. The Bertz CT molecular complexity index is 49.8. The van der Waals surface area contributed by atoms with Crippen LogP contribution < -0.4 is 16.5 Å². The van der Waals surface area contributed by atoms with Crippen molar-refractivity contribution in [3.8, 4) is 0 Å². The van der Waals surface area contributed by atoms with Crippen molar-refractivity contribution in [1.29, 1.82) is 5.16 Å². The van der Waals surface area contributed by atoms with E-state index in [-0.39, 0.29) is 0 Å². The molecule has 4 nitrogen and oxygen atoms in total. The van der Waals surface area contributed by atoms with Crippen LogP contribution in [-0.4, -0.2) is 0 Å². The van der Waals surface area contributed by atoms with Crippen molar-refractivity contribution in [2.24, 2.45) is 11.0 Å². The van der Waals surface area contributed by atoms with Crippen LogP contribution in [0, 0.1) is 5.16 Å².